The van der Waals surface area contributed by atoms with Gasteiger partial charge in [0.15, 0.2) is 11.7 Å². The zero-order valence-corrected chi connectivity index (χ0v) is 18.6. The number of guanidine groups is 1. The van der Waals surface area contributed by atoms with Gasteiger partial charge in [-0.25, -0.2) is 15.0 Å². The number of hydrogen-bond donors (Lipinski definition) is 2. The van der Waals surface area contributed by atoms with Crippen molar-refractivity contribution in [1.82, 2.24) is 20.6 Å². The lowest BCUT2D eigenvalue weighted by molar-refractivity contribution is -0.140. The first-order chi connectivity index (χ1) is 13.0. The number of oxazole rings is 1. The van der Waals surface area contributed by atoms with E-state index in [0.29, 0.717) is 29.1 Å². The van der Waals surface area contributed by atoms with E-state index in [4.69, 9.17) is 4.42 Å². The molecule has 0 radical (unpaired) electrons. The Bertz CT molecular complexity index is 892. The molecule has 0 bridgehead atoms. The number of thiophene rings is 1. The maximum Gasteiger partial charge on any atom is 0.434 e. The molecule has 0 aromatic carbocycles. The number of nitrogens with one attached hydrogen (secondary N) is 2. The second kappa shape index (κ2) is 10.2. The fourth-order valence-corrected chi connectivity index (χ4v) is 3.47. The topological polar surface area (TPSA) is 75.3 Å². The lowest BCUT2D eigenvalue weighted by Gasteiger charge is -2.09. The highest BCUT2D eigenvalue weighted by atomic mass is 127. The molecule has 0 atom stereocenters. The van der Waals surface area contributed by atoms with Crippen LogP contribution in [0.2, 0.25) is 0 Å². The molecule has 0 saturated carbocycles. The predicted molar refractivity (Wildman–Crippen MR) is 114 cm³/mol. The summed E-state index contributed by atoms with van der Waals surface area (Å²) in [6, 6.07) is 3.83. The van der Waals surface area contributed by atoms with E-state index >= 15 is 0 Å². The van der Waals surface area contributed by atoms with Crippen molar-refractivity contribution in [3.63, 3.8) is 0 Å². The molecule has 3 rings (SSSR count). The van der Waals surface area contributed by atoms with Gasteiger partial charge in [-0.15, -0.1) is 46.7 Å². The van der Waals surface area contributed by atoms with E-state index < -0.39 is 11.9 Å². The van der Waals surface area contributed by atoms with Crippen LogP contribution < -0.4 is 10.6 Å². The number of nitrogens with zero attached hydrogens (tertiary/aromatic N) is 3. The van der Waals surface area contributed by atoms with Crippen molar-refractivity contribution in [1.29, 1.82) is 0 Å². The summed E-state index contributed by atoms with van der Waals surface area (Å²) in [5.74, 6) is 0.998. The molecule has 0 amide bonds. The zero-order valence-electron chi connectivity index (χ0n) is 14.6. The van der Waals surface area contributed by atoms with E-state index in [1.54, 1.807) is 6.26 Å². The van der Waals surface area contributed by atoms with Gasteiger partial charge in [-0.05, 0) is 18.4 Å². The fraction of sp³-hybridized carbons (Fsp3) is 0.312. The van der Waals surface area contributed by atoms with Crippen molar-refractivity contribution < 1.29 is 17.6 Å². The maximum atomic E-state index is 12.6. The van der Waals surface area contributed by atoms with Gasteiger partial charge in [0, 0.05) is 11.9 Å². The molecule has 12 heteroatoms. The number of halogens is 4. The van der Waals surface area contributed by atoms with Crippen molar-refractivity contribution in [2.45, 2.75) is 26.2 Å². The molecule has 3 heterocycles. The Morgan fingerprint density at radius 1 is 1.25 bits per heavy atom. The minimum atomic E-state index is -4.43. The van der Waals surface area contributed by atoms with Gasteiger partial charge in [-0.2, -0.15) is 13.2 Å². The van der Waals surface area contributed by atoms with Gasteiger partial charge in [0.1, 0.15) is 17.0 Å². The Kier molecular flexibility index (Phi) is 8.24. The molecule has 6 nitrogen and oxygen atoms in total. The van der Waals surface area contributed by atoms with Crippen LogP contribution in [0.15, 0.2) is 38.6 Å². The molecular weight excluding hydrogens is 526 g/mol. The molecule has 152 valence electrons. The van der Waals surface area contributed by atoms with E-state index in [1.807, 2.05) is 24.4 Å². The normalized spacial score (nSPS) is 11.9. The number of rotatable bonds is 6. The molecule has 0 aliphatic heterocycles. The summed E-state index contributed by atoms with van der Waals surface area (Å²) in [4.78, 5) is 13.3. The summed E-state index contributed by atoms with van der Waals surface area (Å²) >= 11 is 2.48. The molecule has 3 aromatic rings. The van der Waals surface area contributed by atoms with E-state index in [2.05, 4.69) is 25.6 Å². The lowest BCUT2D eigenvalue weighted by Crippen LogP contribution is -2.36. The van der Waals surface area contributed by atoms with Crippen LogP contribution in [0, 0.1) is 0 Å². The van der Waals surface area contributed by atoms with Crippen molar-refractivity contribution in [3.8, 4) is 10.8 Å². The third-order valence-corrected chi connectivity index (χ3v) is 4.98. The third kappa shape index (κ3) is 6.17. The van der Waals surface area contributed by atoms with Crippen LogP contribution in [-0.4, -0.2) is 22.5 Å². The first-order valence-corrected chi connectivity index (χ1v) is 9.73. The summed E-state index contributed by atoms with van der Waals surface area (Å²) in [6.07, 6.45) is -2.89. The van der Waals surface area contributed by atoms with Crippen LogP contribution in [0.3, 0.4) is 0 Å². The molecule has 0 unspecified atom stereocenters. The molecule has 2 N–H and O–H groups in total. The van der Waals surface area contributed by atoms with Gasteiger partial charge in [0.05, 0.1) is 18.0 Å². The van der Waals surface area contributed by atoms with Gasteiger partial charge in [-0.3, -0.25) is 0 Å². The summed E-state index contributed by atoms with van der Waals surface area (Å²) in [5.41, 5.74) is -0.223. The fourth-order valence-electron chi connectivity index (χ4n) is 2.08. The van der Waals surface area contributed by atoms with Crippen LogP contribution in [0.5, 0.6) is 0 Å². The minimum Gasteiger partial charge on any atom is -0.443 e. The summed E-state index contributed by atoms with van der Waals surface area (Å²) in [6.45, 7) is 2.92. The van der Waals surface area contributed by atoms with Gasteiger partial charge in [-0.1, -0.05) is 6.07 Å². The highest BCUT2D eigenvalue weighted by molar-refractivity contribution is 14.0. The van der Waals surface area contributed by atoms with Gasteiger partial charge < -0.3 is 15.1 Å². The highest BCUT2D eigenvalue weighted by Crippen LogP contribution is 2.30. The van der Waals surface area contributed by atoms with Crippen LogP contribution in [0.1, 0.15) is 23.3 Å². The second-order valence-corrected chi connectivity index (χ2v) is 7.18. The average molecular weight is 543 g/mol. The van der Waals surface area contributed by atoms with Gasteiger partial charge in [0.25, 0.3) is 0 Å². The first-order valence-electron chi connectivity index (χ1n) is 7.97. The maximum absolute atomic E-state index is 12.6. The number of aliphatic imine (C=N–C) groups is 1. The Morgan fingerprint density at radius 2 is 2.07 bits per heavy atom. The second-order valence-electron chi connectivity index (χ2n) is 5.29. The number of aromatic nitrogens is 2. The molecular formula is C16H17F3IN5OS2. The molecule has 0 saturated heterocycles. The molecule has 0 aliphatic rings. The average Bonchev–Trinajstić information content (AvgIpc) is 3.38. The van der Waals surface area contributed by atoms with E-state index in [0.717, 1.165) is 21.6 Å². The number of alkyl halides is 3. The summed E-state index contributed by atoms with van der Waals surface area (Å²) in [7, 11) is 0. The van der Waals surface area contributed by atoms with Crippen LogP contribution in [0.25, 0.3) is 10.8 Å². The monoisotopic (exact) mass is 543 g/mol. The standard InChI is InChI=1S/C16H16F3N5OS2.HI/c1-2-20-15(22-7-13-24-12(9-27-13)16(17,18)19)21-6-10-8-25-14(23-10)11-4-3-5-26-11;/h3-5,8-9H,2,6-7H2,1H3,(H2,20,21,22);1H. The van der Waals surface area contributed by atoms with Crippen molar-refractivity contribution in [2.75, 3.05) is 6.54 Å². The Morgan fingerprint density at radius 3 is 2.71 bits per heavy atom. The number of thiazole rings is 1. The van der Waals surface area contributed by atoms with E-state index in [-0.39, 0.29) is 37.1 Å². The largest absolute Gasteiger partial charge is 0.443 e. The molecule has 0 spiro atoms. The van der Waals surface area contributed by atoms with Crippen molar-refractivity contribution in [2.24, 2.45) is 4.99 Å². The van der Waals surface area contributed by atoms with Gasteiger partial charge >= 0.3 is 6.18 Å². The van der Waals surface area contributed by atoms with Crippen LogP contribution in [-0.2, 0) is 19.3 Å². The van der Waals surface area contributed by atoms with Crippen molar-refractivity contribution >= 4 is 52.6 Å². The van der Waals surface area contributed by atoms with Crippen LogP contribution >= 0.6 is 46.7 Å². The Balaban J connectivity index is 0.00000280. The molecule has 3 aromatic heterocycles. The van der Waals surface area contributed by atoms with Crippen LogP contribution in [0.4, 0.5) is 13.2 Å². The molecule has 0 fully saturated rings. The smallest absolute Gasteiger partial charge is 0.434 e. The lowest BCUT2D eigenvalue weighted by atomic mass is 10.4. The summed E-state index contributed by atoms with van der Waals surface area (Å²) in [5, 5.41) is 9.27. The Hall–Kier alpha value is -1.67. The highest BCUT2D eigenvalue weighted by Gasteiger charge is 2.33. The predicted octanol–water partition coefficient (Wildman–Crippen LogP) is 4.75. The SMILES string of the molecule is CCNC(=NCc1coc(-c2cccs2)n1)NCc1nc(C(F)(F)F)cs1.I. The Labute approximate surface area is 184 Å². The summed E-state index contributed by atoms with van der Waals surface area (Å²) < 4.78 is 43.3. The molecule has 28 heavy (non-hydrogen) atoms. The van der Waals surface area contributed by atoms with E-state index in [1.165, 1.54) is 11.3 Å². The first kappa shape index (κ1) is 22.6. The quantitative estimate of drug-likeness (QED) is 0.267. The van der Waals surface area contributed by atoms with E-state index in [9.17, 15) is 13.2 Å². The minimum absolute atomic E-state index is 0. The third-order valence-electron chi connectivity index (χ3n) is 3.28. The molecule has 0 aliphatic carbocycles. The zero-order chi connectivity index (χ0) is 19.3. The van der Waals surface area contributed by atoms with Gasteiger partial charge in [0.2, 0.25) is 5.89 Å². The number of hydrogen-bond acceptors (Lipinski definition) is 6. The van der Waals surface area contributed by atoms with Crippen molar-refractivity contribution in [3.05, 3.63) is 45.6 Å².